The summed E-state index contributed by atoms with van der Waals surface area (Å²) in [6.45, 7) is 0. The second-order valence-corrected chi connectivity index (χ2v) is 16.2. The quantitative estimate of drug-likeness (QED) is 0.130. The van der Waals surface area contributed by atoms with Crippen molar-refractivity contribution in [3.63, 3.8) is 0 Å². The fourth-order valence-electron chi connectivity index (χ4n) is 7.55. The van der Waals surface area contributed by atoms with E-state index < -0.39 is 0 Å². The highest BCUT2D eigenvalue weighted by Crippen LogP contribution is 2.46. The number of rotatable bonds is 4. The van der Waals surface area contributed by atoms with Crippen molar-refractivity contribution >= 4 is 90.1 Å². The van der Waals surface area contributed by atoms with Gasteiger partial charge in [0, 0.05) is 64.1 Å². The van der Waals surface area contributed by atoms with Gasteiger partial charge in [-0.1, -0.05) is 72.2 Å². The third-order valence-corrected chi connectivity index (χ3v) is 13.1. The molecule has 0 saturated carbocycles. The largest absolute Gasteiger partial charge is 0.129 e. The molecule has 0 unspecified atom stereocenters. The van der Waals surface area contributed by atoms with Crippen LogP contribution >= 0.6 is 47.0 Å². The van der Waals surface area contributed by atoms with Crippen molar-refractivity contribution in [1.82, 2.24) is 0 Å². The van der Waals surface area contributed by atoms with Crippen molar-refractivity contribution in [2.75, 3.05) is 25.0 Å². The van der Waals surface area contributed by atoms with E-state index in [0.717, 1.165) is 22.3 Å². The summed E-state index contributed by atoms with van der Waals surface area (Å²) in [4.78, 5) is 5.07. The Morgan fingerprint density at radius 1 is 0.288 bits per heavy atom. The Balaban J connectivity index is 1.35. The van der Waals surface area contributed by atoms with Gasteiger partial charge in [0.1, 0.15) is 0 Å². The normalized spacial score (nSPS) is 11.8. The topological polar surface area (TPSA) is 0 Å². The summed E-state index contributed by atoms with van der Waals surface area (Å²) in [6, 6.07) is 44.8. The summed E-state index contributed by atoms with van der Waals surface area (Å²) in [5.41, 5.74) is 9.16. The van der Waals surface area contributed by atoms with Crippen LogP contribution in [0, 0.1) is 23.7 Å². The van der Waals surface area contributed by atoms with Gasteiger partial charge in [-0.25, -0.2) is 0 Å². The van der Waals surface area contributed by atoms with Crippen molar-refractivity contribution in [2.45, 2.75) is 19.6 Å². The van der Waals surface area contributed by atoms with Crippen molar-refractivity contribution in [3.05, 3.63) is 144 Å². The van der Waals surface area contributed by atoms with E-state index >= 15 is 0 Å². The van der Waals surface area contributed by atoms with Crippen LogP contribution in [0.25, 0.3) is 65.3 Å². The molecule has 4 heteroatoms. The van der Waals surface area contributed by atoms with Crippen LogP contribution in [0.2, 0.25) is 0 Å². The first-order valence-corrected chi connectivity index (χ1v) is 21.9. The molecule has 0 radical (unpaired) electrons. The molecule has 0 N–H and O–H groups in total. The van der Waals surface area contributed by atoms with E-state index in [1.54, 1.807) is 47.0 Å². The highest BCUT2D eigenvalue weighted by molar-refractivity contribution is 7.99. The van der Waals surface area contributed by atoms with E-state index in [2.05, 4.69) is 170 Å². The van der Waals surface area contributed by atoms with Crippen LogP contribution in [0.15, 0.2) is 141 Å². The second kappa shape index (κ2) is 13.7. The first-order chi connectivity index (χ1) is 25.6. The lowest BCUT2D eigenvalue weighted by atomic mass is 9.92. The Bertz CT molecular complexity index is 2520. The van der Waals surface area contributed by atoms with Crippen LogP contribution in [0.5, 0.6) is 0 Å². The molecule has 12 aliphatic rings. The maximum atomic E-state index is 3.51. The molecule has 8 aromatic carbocycles. The van der Waals surface area contributed by atoms with Gasteiger partial charge in [-0.15, -0.1) is 47.0 Å². The monoisotopic (exact) mass is 736 g/mol. The molecule has 0 atom stereocenters. The highest BCUT2D eigenvalue weighted by atomic mass is 32.2. The van der Waals surface area contributed by atoms with Gasteiger partial charge in [-0.3, -0.25) is 0 Å². The Kier molecular flexibility index (Phi) is 8.74. The molecular formula is C48H32S4. The number of hydrogen-bond acceptors (Lipinski definition) is 4. The van der Waals surface area contributed by atoms with E-state index in [4.69, 9.17) is 0 Å². The molecule has 0 fully saturated rings. The number of hydrogen-bond donors (Lipinski definition) is 0. The molecule has 16 bridgehead atoms. The Morgan fingerprint density at radius 3 is 0.731 bits per heavy atom. The zero-order valence-electron chi connectivity index (χ0n) is 29.2. The highest BCUT2D eigenvalue weighted by Gasteiger charge is 2.19. The molecule has 0 aliphatic heterocycles. The average molecular weight is 737 g/mol. The molecule has 8 aromatic rings. The molecule has 0 aromatic heterocycles. The van der Waals surface area contributed by atoms with Gasteiger partial charge in [0.05, 0.1) is 0 Å². The molecule has 0 heterocycles. The fourth-order valence-corrected chi connectivity index (χ4v) is 10.0. The van der Waals surface area contributed by atoms with Gasteiger partial charge in [-0.2, -0.15) is 0 Å². The Morgan fingerprint density at radius 2 is 0.519 bits per heavy atom. The molecule has 248 valence electrons. The average Bonchev–Trinajstić information content (AvgIpc) is 3.19. The molecule has 0 spiro atoms. The SMILES string of the molecule is CSc1ccc2cc3ccc2c1-c1c(SC)ccc2cc(ccc12)C#Cc1ccc2c(c(SC)ccc2c1)-c1c(SC)ccc2cc(ccc12)C#C3. The standard InChI is InChI=1S/C48H32S4/c1-49-41-21-13-33-25-29-5-6-31-11-19-39-35(27-31)15-23-43(51-3)47(39)48-40-20-12-32(28-36(40)16-24-44(48)52-4)8-7-30-10-18-38-34(26-30)14-22-42(50-2)46(38)45(41)37(33)17-9-29/h9-28H,1-4H3. The third kappa shape index (κ3) is 5.67. The minimum absolute atomic E-state index is 1.01. The van der Waals surface area contributed by atoms with Crippen molar-refractivity contribution < 1.29 is 0 Å². The summed E-state index contributed by atoms with van der Waals surface area (Å²) < 4.78 is 0. The van der Waals surface area contributed by atoms with Crippen molar-refractivity contribution in [3.8, 4) is 45.9 Å². The second-order valence-electron chi connectivity index (χ2n) is 12.8. The molecule has 0 nitrogen and oxygen atoms in total. The van der Waals surface area contributed by atoms with Crippen LogP contribution in [-0.4, -0.2) is 25.0 Å². The number of benzene rings is 8. The molecular weight excluding hydrogens is 705 g/mol. The summed E-state index contributed by atoms with van der Waals surface area (Å²) in [6.07, 6.45) is 8.69. The van der Waals surface area contributed by atoms with Crippen molar-refractivity contribution in [2.24, 2.45) is 0 Å². The minimum atomic E-state index is 1.01. The summed E-state index contributed by atoms with van der Waals surface area (Å²) >= 11 is 7.20. The van der Waals surface area contributed by atoms with Crippen molar-refractivity contribution in [1.29, 1.82) is 0 Å². The van der Waals surface area contributed by atoms with Gasteiger partial charge in [-0.05, 0) is 141 Å². The Hall–Kier alpha value is -4.68. The van der Waals surface area contributed by atoms with Crippen LogP contribution in [0.1, 0.15) is 22.3 Å². The first-order valence-electron chi connectivity index (χ1n) is 17.0. The third-order valence-electron chi connectivity index (χ3n) is 10.0. The van der Waals surface area contributed by atoms with E-state index in [-0.39, 0.29) is 0 Å². The van der Waals surface area contributed by atoms with Gasteiger partial charge in [0.15, 0.2) is 0 Å². The van der Waals surface area contributed by atoms with Gasteiger partial charge in [0.25, 0.3) is 0 Å². The van der Waals surface area contributed by atoms with Crippen LogP contribution in [0.4, 0.5) is 0 Å². The van der Waals surface area contributed by atoms with Gasteiger partial charge in [0.2, 0.25) is 0 Å². The van der Waals surface area contributed by atoms with Crippen LogP contribution in [-0.2, 0) is 0 Å². The maximum Gasteiger partial charge on any atom is 0.0255 e. The predicted octanol–water partition coefficient (Wildman–Crippen LogP) is 13.6. The summed E-state index contributed by atoms with van der Waals surface area (Å²) in [7, 11) is 0. The Labute approximate surface area is 322 Å². The zero-order chi connectivity index (χ0) is 35.3. The lowest BCUT2D eigenvalue weighted by Gasteiger charge is -2.18. The van der Waals surface area contributed by atoms with E-state index in [0.29, 0.717) is 0 Å². The van der Waals surface area contributed by atoms with E-state index in [9.17, 15) is 0 Å². The van der Waals surface area contributed by atoms with E-state index in [1.165, 1.54) is 84.9 Å². The lowest BCUT2D eigenvalue weighted by molar-refractivity contribution is 1.43. The zero-order valence-corrected chi connectivity index (χ0v) is 32.4. The predicted molar refractivity (Wildman–Crippen MR) is 233 cm³/mol. The maximum absolute atomic E-state index is 3.51. The summed E-state index contributed by atoms with van der Waals surface area (Å²) in [5, 5.41) is 9.73. The van der Waals surface area contributed by atoms with Gasteiger partial charge < -0.3 is 0 Å². The molecule has 52 heavy (non-hydrogen) atoms. The minimum Gasteiger partial charge on any atom is -0.129 e. The van der Waals surface area contributed by atoms with Gasteiger partial charge >= 0.3 is 0 Å². The lowest BCUT2D eigenvalue weighted by Crippen LogP contribution is -1.92. The first kappa shape index (κ1) is 33.2. The van der Waals surface area contributed by atoms with E-state index in [1.807, 2.05) is 0 Å². The van der Waals surface area contributed by atoms with Crippen LogP contribution < -0.4 is 0 Å². The number of thioether (sulfide) groups is 4. The molecule has 0 saturated heterocycles. The smallest absolute Gasteiger partial charge is 0.0255 e. The van der Waals surface area contributed by atoms with Crippen LogP contribution in [0.3, 0.4) is 0 Å². The summed E-state index contributed by atoms with van der Waals surface area (Å²) in [5.74, 6) is 14.0. The molecule has 20 rings (SSSR count). The molecule has 0 amide bonds. The molecule has 12 aliphatic carbocycles. The fraction of sp³-hybridized carbons (Fsp3) is 0.0833.